The van der Waals surface area contributed by atoms with Crippen LogP contribution in [0.15, 0.2) is 24.3 Å². The lowest BCUT2D eigenvalue weighted by Gasteiger charge is -2.07. The van der Waals surface area contributed by atoms with Gasteiger partial charge in [0.1, 0.15) is 6.04 Å². The van der Waals surface area contributed by atoms with Gasteiger partial charge in [0.15, 0.2) is 0 Å². The van der Waals surface area contributed by atoms with E-state index in [4.69, 9.17) is 11.6 Å². The Morgan fingerprint density at radius 3 is 2.47 bits per heavy atom. The first-order valence-electron chi connectivity index (χ1n) is 4.87. The third-order valence-corrected chi connectivity index (χ3v) is 2.53. The standard InChI is InChI=1S/C11H8ClNO4/c12-7-3-1-6(2-4-7)10(15)13-8-5-9(14)17-11(8)16/h1-4,8H,5H2,(H,13,15)/t8-/m0/s1. The molecule has 0 aromatic heterocycles. The summed E-state index contributed by atoms with van der Waals surface area (Å²) >= 11 is 5.68. The molecule has 1 saturated heterocycles. The van der Waals surface area contributed by atoms with Crippen LogP contribution in [0.2, 0.25) is 5.02 Å². The molecule has 0 unspecified atom stereocenters. The topological polar surface area (TPSA) is 72.5 Å². The summed E-state index contributed by atoms with van der Waals surface area (Å²) in [7, 11) is 0. The van der Waals surface area contributed by atoms with E-state index in [1.165, 1.54) is 12.1 Å². The number of amides is 1. The zero-order chi connectivity index (χ0) is 12.4. The smallest absolute Gasteiger partial charge is 0.336 e. The van der Waals surface area contributed by atoms with Crippen LogP contribution in [-0.4, -0.2) is 23.9 Å². The van der Waals surface area contributed by atoms with Gasteiger partial charge >= 0.3 is 11.9 Å². The van der Waals surface area contributed by atoms with Crippen molar-refractivity contribution in [1.29, 1.82) is 0 Å². The lowest BCUT2D eigenvalue weighted by molar-refractivity contribution is -0.152. The van der Waals surface area contributed by atoms with E-state index in [1.807, 2.05) is 0 Å². The summed E-state index contributed by atoms with van der Waals surface area (Å²) in [5.41, 5.74) is 0.363. The zero-order valence-electron chi connectivity index (χ0n) is 8.60. The fourth-order valence-electron chi connectivity index (χ4n) is 1.43. The van der Waals surface area contributed by atoms with Crippen LogP contribution in [-0.2, 0) is 14.3 Å². The molecule has 1 heterocycles. The summed E-state index contributed by atoms with van der Waals surface area (Å²) < 4.78 is 4.32. The lowest BCUT2D eigenvalue weighted by Crippen LogP contribution is -2.37. The summed E-state index contributed by atoms with van der Waals surface area (Å²) in [5, 5.41) is 2.93. The molecule has 17 heavy (non-hydrogen) atoms. The van der Waals surface area contributed by atoms with Gasteiger partial charge in [0.05, 0.1) is 6.42 Å². The summed E-state index contributed by atoms with van der Waals surface area (Å²) in [5.74, 6) is -1.80. The summed E-state index contributed by atoms with van der Waals surface area (Å²) in [6.45, 7) is 0. The molecule has 1 N–H and O–H groups in total. The molecular formula is C11H8ClNO4. The molecule has 1 atom stereocenters. The predicted molar refractivity (Wildman–Crippen MR) is 58.4 cm³/mol. The number of ether oxygens (including phenoxy) is 1. The van der Waals surface area contributed by atoms with Gasteiger partial charge in [-0.25, -0.2) is 4.79 Å². The second-order valence-electron chi connectivity index (χ2n) is 3.53. The fourth-order valence-corrected chi connectivity index (χ4v) is 1.55. The molecule has 5 nitrogen and oxygen atoms in total. The molecule has 1 aromatic carbocycles. The quantitative estimate of drug-likeness (QED) is 0.628. The molecule has 0 spiro atoms. The third-order valence-electron chi connectivity index (χ3n) is 2.28. The van der Waals surface area contributed by atoms with E-state index in [0.717, 1.165) is 0 Å². The van der Waals surface area contributed by atoms with E-state index in [9.17, 15) is 14.4 Å². The van der Waals surface area contributed by atoms with Crippen molar-refractivity contribution < 1.29 is 19.1 Å². The number of cyclic esters (lactones) is 2. The third kappa shape index (κ3) is 2.62. The second-order valence-corrected chi connectivity index (χ2v) is 3.97. The maximum Gasteiger partial charge on any atom is 0.336 e. The molecule has 0 aliphatic carbocycles. The molecule has 88 valence electrons. The Balaban J connectivity index is 2.04. The Hall–Kier alpha value is -1.88. The van der Waals surface area contributed by atoms with Crippen LogP contribution in [0.3, 0.4) is 0 Å². The van der Waals surface area contributed by atoms with Crippen LogP contribution < -0.4 is 5.32 Å². The Morgan fingerprint density at radius 1 is 1.29 bits per heavy atom. The second kappa shape index (κ2) is 4.55. The van der Waals surface area contributed by atoms with E-state index in [-0.39, 0.29) is 6.42 Å². The van der Waals surface area contributed by atoms with Crippen LogP contribution >= 0.6 is 11.6 Å². The van der Waals surface area contributed by atoms with Crippen molar-refractivity contribution >= 4 is 29.4 Å². The predicted octanol–water partition coefficient (Wildman–Crippen LogP) is 0.912. The van der Waals surface area contributed by atoms with Gasteiger partial charge in [-0.15, -0.1) is 0 Å². The van der Waals surface area contributed by atoms with Gasteiger partial charge in [-0.3, -0.25) is 9.59 Å². The number of esters is 2. The molecule has 1 amide bonds. The Bertz CT molecular complexity index is 483. The fraction of sp³-hybridized carbons (Fsp3) is 0.182. The Labute approximate surface area is 102 Å². The van der Waals surface area contributed by atoms with Crippen molar-refractivity contribution in [3.05, 3.63) is 34.9 Å². The van der Waals surface area contributed by atoms with Crippen molar-refractivity contribution in [1.82, 2.24) is 5.32 Å². The molecular weight excluding hydrogens is 246 g/mol. The number of carbonyl (C=O) groups excluding carboxylic acids is 3. The SMILES string of the molecule is O=C1C[C@H](NC(=O)c2ccc(Cl)cc2)C(=O)O1. The average molecular weight is 254 g/mol. The molecule has 0 bridgehead atoms. The average Bonchev–Trinajstić information content (AvgIpc) is 2.58. The number of carbonyl (C=O) groups is 3. The number of hydrogen-bond donors (Lipinski definition) is 1. The molecule has 1 aliphatic heterocycles. The first kappa shape index (κ1) is 11.6. The highest BCUT2D eigenvalue weighted by atomic mass is 35.5. The minimum atomic E-state index is -0.898. The summed E-state index contributed by atoms with van der Waals surface area (Å²) in [6.07, 6.45) is -0.127. The summed E-state index contributed by atoms with van der Waals surface area (Å²) in [4.78, 5) is 33.6. The van der Waals surface area contributed by atoms with Gasteiger partial charge in [-0.2, -0.15) is 0 Å². The number of hydrogen-bond acceptors (Lipinski definition) is 4. The van der Waals surface area contributed by atoms with E-state index >= 15 is 0 Å². The van der Waals surface area contributed by atoms with Crippen LogP contribution in [0.5, 0.6) is 0 Å². The largest absolute Gasteiger partial charge is 0.392 e. The molecule has 1 aliphatic rings. The molecule has 6 heteroatoms. The van der Waals surface area contributed by atoms with E-state index < -0.39 is 23.9 Å². The first-order valence-corrected chi connectivity index (χ1v) is 5.25. The highest BCUT2D eigenvalue weighted by Gasteiger charge is 2.34. The maximum absolute atomic E-state index is 11.7. The number of nitrogens with one attached hydrogen (secondary N) is 1. The van der Waals surface area contributed by atoms with Crippen molar-refractivity contribution in [3.8, 4) is 0 Å². The van der Waals surface area contributed by atoms with Crippen LogP contribution in [0.4, 0.5) is 0 Å². The van der Waals surface area contributed by atoms with E-state index in [0.29, 0.717) is 10.6 Å². The van der Waals surface area contributed by atoms with Gasteiger partial charge in [-0.05, 0) is 24.3 Å². The molecule has 2 rings (SSSR count). The zero-order valence-corrected chi connectivity index (χ0v) is 9.36. The van der Waals surface area contributed by atoms with Gasteiger partial charge in [0.25, 0.3) is 5.91 Å². The number of halogens is 1. The van der Waals surface area contributed by atoms with Gasteiger partial charge < -0.3 is 10.1 Å². The first-order chi connectivity index (χ1) is 8.06. The van der Waals surface area contributed by atoms with Gasteiger partial charge in [0, 0.05) is 10.6 Å². The minimum Gasteiger partial charge on any atom is -0.392 e. The van der Waals surface area contributed by atoms with E-state index in [2.05, 4.69) is 10.1 Å². The maximum atomic E-state index is 11.7. The monoisotopic (exact) mass is 253 g/mol. The van der Waals surface area contributed by atoms with Crippen molar-refractivity contribution in [3.63, 3.8) is 0 Å². The van der Waals surface area contributed by atoms with Crippen molar-refractivity contribution in [2.75, 3.05) is 0 Å². The van der Waals surface area contributed by atoms with Crippen molar-refractivity contribution in [2.24, 2.45) is 0 Å². The van der Waals surface area contributed by atoms with Gasteiger partial charge in [-0.1, -0.05) is 11.6 Å². The minimum absolute atomic E-state index is 0.127. The normalized spacial score (nSPS) is 19.0. The Kier molecular flexibility index (Phi) is 3.10. The molecule has 0 saturated carbocycles. The van der Waals surface area contributed by atoms with Crippen LogP contribution in [0.25, 0.3) is 0 Å². The molecule has 1 aromatic rings. The van der Waals surface area contributed by atoms with Gasteiger partial charge in [0.2, 0.25) is 0 Å². The van der Waals surface area contributed by atoms with Crippen LogP contribution in [0, 0.1) is 0 Å². The highest BCUT2D eigenvalue weighted by molar-refractivity contribution is 6.30. The Morgan fingerprint density at radius 2 is 1.94 bits per heavy atom. The van der Waals surface area contributed by atoms with Crippen LogP contribution in [0.1, 0.15) is 16.8 Å². The van der Waals surface area contributed by atoms with E-state index in [1.54, 1.807) is 12.1 Å². The summed E-state index contributed by atoms with van der Waals surface area (Å²) in [6, 6.07) is 5.29. The number of rotatable bonds is 2. The van der Waals surface area contributed by atoms with Crippen molar-refractivity contribution in [2.45, 2.75) is 12.5 Å². The number of benzene rings is 1. The molecule has 1 fully saturated rings. The highest BCUT2D eigenvalue weighted by Crippen LogP contribution is 2.12. The lowest BCUT2D eigenvalue weighted by atomic mass is 10.2. The molecule has 0 radical (unpaired) electrons.